The summed E-state index contributed by atoms with van der Waals surface area (Å²) in [7, 11) is 0. The van der Waals surface area contributed by atoms with Crippen molar-refractivity contribution >= 4 is 0 Å². The zero-order chi connectivity index (χ0) is 10.5. The van der Waals surface area contributed by atoms with E-state index < -0.39 is 0 Å². The highest BCUT2D eigenvalue weighted by Crippen LogP contribution is 2.16. The van der Waals surface area contributed by atoms with E-state index in [0.717, 1.165) is 6.54 Å². The normalized spacial score (nSPS) is 24.8. The van der Waals surface area contributed by atoms with Gasteiger partial charge in [0, 0.05) is 25.4 Å². The Morgan fingerprint density at radius 1 is 1.25 bits per heavy atom. The maximum Gasteiger partial charge on any atom is 0.0999 e. The second kappa shape index (κ2) is 6.84. The fourth-order valence-corrected chi connectivity index (χ4v) is 2.23. The van der Waals surface area contributed by atoms with E-state index in [0.29, 0.717) is 12.1 Å². The molecule has 0 bridgehead atoms. The van der Waals surface area contributed by atoms with E-state index in [1.807, 2.05) is 12.4 Å². The quantitative estimate of drug-likeness (QED) is 0.627. The fraction of sp³-hybridized carbons (Fsp3) is 0.583. The Kier molecular flexibility index (Phi) is 5.74. The van der Waals surface area contributed by atoms with E-state index in [2.05, 4.69) is 28.2 Å². The molecule has 0 radical (unpaired) electrons. The zero-order valence-corrected chi connectivity index (χ0v) is 10.3. The molecule has 0 aliphatic heterocycles. The summed E-state index contributed by atoms with van der Waals surface area (Å²) in [5.41, 5.74) is 5.52. The molecule has 1 aliphatic rings. The predicted molar refractivity (Wildman–Crippen MR) is 60.0 cm³/mol. The third-order valence-corrected chi connectivity index (χ3v) is 3.23. The van der Waals surface area contributed by atoms with Crippen molar-refractivity contribution in [1.29, 1.82) is 0 Å². The topological polar surface area (TPSA) is 52.6 Å². The number of halogens is 1. The lowest BCUT2D eigenvalue weighted by Gasteiger charge is -2.26. The first-order chi connectivity index (χ1) is 7.36. The first-order valence-electron chi connectivity index (χ1n) is 5.81. The van der Waals surface area contributed by atoms with Gasteiger partial charge in [-0.25, -0.2) is 0 Å². The van der Waals surface area contributed by atoms with E-state index in [4.69, 9.17) is 0 Å². The Morgan fingerprint density at radius 3 is 2.62 bits per heavy atom. The van der Waals surface area contributed by atoms with Gasteiger partial charge >= 0.3 is 0 Å². The number of hydrogen-bond acceptors (Lipinski definition) is 2. The molecule has 0 saturated heterocycles. The summed E-state index contributed by atoms with van der Waals surface area (Å²) >= 11 is 0. The molecule has 16 heavy (non-hydrogen) atoms. The molecule has 2 atom stereocenters. The van der Waals surface area contributed by atoms with Crippen molar-refractivity contribution in [2.75, 3.05) is 0 Å². The highest BCUT2D eigenvalue weighted by molar-refractivity contribution is 5.09. The van der Waals surface area contributed by atoms with Gasteiger partial charge in [0.2, 0.25) is 0 Å². The molecule has 0 amide bonds. The van der Waals surface area contributed by atoms with Crippen molar-refractivity contribution in [3.8, 4) is 0 Å². The Balaban J connectivity index is 0.00000128. The van der Waals surface area contributed by atoms with E-state index in [9.17, 15) is 0 Å². The molecular weight excluding hydrogens is 222 g/mol. The Bertz CT molecular complexity index is 292. The minimum atomic E-state index is 0. The van der Waals surface area contributed by atoms with Crippen LogP contribution in [0, 0.1) is 0 Å². The molecule has 0 unspecified atom stereocenters. The average Bonchev–Trinajstić information content (AvgIpc) is 2.29. The third kappa shape index (κ3) is 3.74. The van der Waals surface area contributed by atoms with Gasteiger partial charge in [-0.05, 0) is 30.5 Å². The summed E-state index contributed by atoms with van der Waals surface area (Å²) < 4.78 is 0. The molecule has 1 fully saturated rings. The van der Waals surface area contributed by atoms with Crippen molar-refractivity contribution in [2.45, 2.75) is 44.3 Å². The van der Waals surface area contributed by atoms with Crippen LogP contribution >= 0.6 is 0 Å². The number of nitrogens with one attached hydrogen (secondary N) is 1. The lowest BCUT2D eigenvalue weighted by Crippen LogP contribution is -3.00. The van der Waals surface area contributed by atoms with Crippen LogP contribution in [0.4, 0.5) is 0 Å². The monoisotopic (exact) mass is 241 g/mol. The van der Waals surface area contributed by atoms with E-state index in [1.165, 1.54) is 31.2 Å². The second-order valence-corrected chi connectivity index (χ2v) is 4.39. The molecule has 1 aliphatic carbocycles. The molecule has 3 nitrogen and oxygen atoms in total. The van der Waals surface area contributed by atoms with Crippen LogP contribution in [0.2, 0.25) is 0 Å². The van der Waals surface area contributed by atoms with E-state index >= 15 is 0 Å². The summed E-state index contributed by atoms with van der Waals surface area (Å²) in [6.45, 7) is 0.944. The van der Waals surface area contributed by atoms with Crippen LogP contribution in [0.25, 0.3) is 0 Å². The molecule has 1 aromatic heterocycles. The van der Waals surface area contributed by atoms with Gasteiger partial charge in [0.1, 0.15) is 0 Å². The summed E-state index contributed by atoms with van der Waals surface area (Å²) in [5.74, 6) is 0. The minimum absolute atomic E-state index is 0. The number of pyridine rings is 1. The predicted octanol–water partition coefficient (Wildman–Crippen LogP) is -2.27. The molecule has 4 N–H and O–H groups in total. The van der Waals surface area contributed by atoms with Gasteiger partial charge in [0.05, 0.1) is 12.1 Å². The average molecular weight is 242 g/mol. The first-order valence-corrected chi connectivity index (χ1v) is 5.81. The van der Waals surface area contributed by atoms with Crippen LogP contribution < -0.4 is 23.5 Å². The molecule has 0 aromatic carbocycles. The van der Waals surface area contributed by atoms with Crippen molar-refractivity contribution in [2.24, 2.45) is 0 Å². The standard InChI is InChI=1S/C12H19N3.ClH/c13-11-3-1-2-4-12(11)15-9-10-5-7-14-8-6-10;/h5-8,11-12,15H,1-4,9,13H2;1H/t11-,12-;/m1./s1. The third-order valence-electron chi connectivity index (χ3n) is 3.23. The molecule has 2 rings (SSSR count). The van der Waals surface area contributed by atoms with Gasteiger partial charge in [0.25, 0.3) is 0 Å². The maximum absolute atomic E-state index is 4.22. The van der Waals surface area contributed by atoms with Crippen LogP contribution in [0.15, 0.2) is 24.5 Å². The van der Waals surface area contributed by atoms with Crippen molar-refractivity contribution in [3.63, 3.8) is 0 Å². The highest BCUT2D eigenvalue weighted by atomic mass is 35.5. The smallest absolute Gasteiger partial charge is 0.0999 e. The Hall–Kier alpha value is -0.640. The Labute approximate surface area is 103 Å². The van der Waals surface area contributed by atoms with Gasteiger partial charge in [-0.3, -0.25) is 4.98 Å². The molecule has 0 spiro atoms. The number of rotatable bonds is 3. The van der Waals surface area contributed by atoms with Gasteiger partial charge in [0.15, 0.2) is 0 Å². The number of aromatic nitrogens is 1. The van der Waals surface area contributed by atoms with Crippen molar-refractivity contribution in [3.05, 3.63) is 30.1 Å². The van der Waals surface area contributed by atoms with Gasteiger partial charge in [-0.1, -0.05) is 6.42 Å². The van der Waals surface area contributed by atoms with E-state index in [-0.39, 0.29) is 12.4 Å². The molecular formula is C12H20ClN3. The van der Waals surface area contributed by atoms with Crippen LogP contribution in [0.1, 0.15) is 31.2 Å². The number of hydrogen-bond donors (Lipinski definition) is 2. The molecule has 1 aromatic rings. The van der Waals surface area contributed by atoms with Crippen molar-refractivity contribution in [1.82, 2.24) is 10.3 Å². The van der Waals surface area contributed by atoms with Gasteiger partial charge < -0.3 is 23.5 Å². The van der Waals surface area contributed by atoms with Gasteiger partial charge in [-0.15, -0.1) is 0 Å². The lowest BCUT2D eigenvalue weighted by molar-refractivity contribution is -0.431. The number of quaternary nitrogens is 1. The first kappa shape index (κ1) is 13.4. The van der Waals surface area contributed by atoms with Crippen molar-refractivity contribution < 1.29 is 18.1 Å². The molecule has 4 heteroatoms. The fourth-order valence-electron chi connectivity index (χ4n) is 2.23. The zero-order valence-electron chi connectivity index (χ0n) is 9.53. The summed E-state index contributed by atoms with van der Waals surface area (Å²) in [6, 6.07) is 5.31. The maximum atomic E-state index is 4.22. The molecule has 1 heterocycles. The van der Waals surface area contributed by atoms with Crippen LogP contribution in [0.5, 0.6) is 0 Å². The minimum Gasteiger partial charge on any atom is -1.00 e. The molecule has 1 saturated carbocycles. The van der Waals surface area contributed by atoms with Gasteiger partial charge in [-0.2, -0.15) is 0 Å². The van der Waals surface area contributed by atoms with Crippen LogP contribution in [-0.4, -0.2) is 17.1 Å². The summed E-state index contributed by atoms with van der Waals surface area (Å²) in [6.07, 6.45) is 8.94. The molecule has 90 valence electrons. The summed E-state index contributed by atoms with van der Waals surface area (Å²) in [5, 5.41) is 3.60. The second-order valence-electron chi connectivity index (χ2n) is 4.39. The SMILES string of the molecule is [Cl-].[NH3+][C@@H]1CCCC[C@H]1NCc1ccncc1. The van der Waals surface area contributed by atoms with Crippen LogP contribution in [0.3, 0.4) is 0 Å². The highest BCUT2D eigenvalue weighted by Gasteiger charge is 2.23. The number of nitrogens with zero attached hydrogens (tertiary/aromatic N) is 1. The largest absolute Gasteiger partial charge is 1.00 e. The Morgan fingerprint density at radius 2 is 1.94 bits per heavy atom. The summed E-state index contributed by atoms with van der Waals surface area (Å²) in [4.78, 5) is 4.01. The van der Waals surface area contributed by atoms with Crippen LogP contribution in [-0.2, 0) is 6.54 Å². The lowest BCUT2D eigenvalue weighted by atomic mass is 9.91. The van der Waals surface area contributed by atoms with E-state index in [1.54, 1.807) is 0 Å².